The van der Waals surface area contributed by atoms with Crippen molar-refractivity contribution >= 4 is 23.3 Å². The summed E-state index contributed by atoms with van der Waals surface area (Å²) >= 11 is 0. The third-order valence-corrected chi connectivity index (χ3v) is 2.73. The van der Waals surface area contributed by atoms with Crippen LogP contribution in [0.1, 0.15) is 32.0 Å². The van der Waals surface area contributed by atoms with E-state index in [1.54, 1.807) is 0 Å². The van der Waals surface area contributed by atoms with Crippen molar-refractivity contribution in [2.75, 3.05) is 0 Å². The Morgan fingerprint density at radius 1 is 1.12 bits per heavy atom. The molecule has 2 rings (SSSR count). The van der Waals surface area contributed by atoms with Crippen molar-refractivity contribution in [2.45, 2.75) is 26.3 Å². The van der Waals surface area contributed by atoms with Gasteiger partial charge in [-0.1, -0.05) is 38.1 Å². The summed E-state index contributed by atoms with van der Waals surface area (Å²) < 4.78 is 0. The van der Waals surface area contributed by atoms with Gasteiger partial charge in [-0.25, -0.2) is 0 Å². The number of rotatable bonds is 3. The van der Waals surface area contributed by atoms with Crippen LogP contribution in [0.25, 0.3) is 10.9 Å². The van der Waals surface area contributed by atoms with E-state index in [0.717, 1.165) is 17.6 Å². The highest BCUT2D eigenvalue weighted by Gasteiger charge is 2.09. The van der Waals surface area contributed by atoms with Crippen molar-refractivity contribution in [1.82, 2.24) is 4.98 Å². The van der Waals surface area contributed by atoms with Crippen LogP contribution >= 0.6 is 12.4 Å². The summed E-state index contributed by atoms with van der Waals surface area (Å²) in [5.74, 6) is 0.600. The molecule has 0 saturated carbocycles. The minimum atomic E-state index is 0. The van der Waals surface area contributed by atoms with E-state index in [1.807, 2.05) is 24.3 Å². The Balaban J connectivity index is 0.00000144. The van der Waals surface area contributed by atoms with E-state index in [4.69, 9.17) is 5.73 Å². The molecule has 1 aromatic carbocycles. The normalized spacial score (nSPS) is 12.5. The van der Waals surface area contributed by atoms with Gasteiger partial charge in [-0.15, -0.1) is 12.4 Å². The van der Waals surface area contributed by atoms with E-state index < -0.39 is 0 Å². The molecule has 0 aliphatic carbocycles. The summed E-state index contributed by atoms with van der Waals surface area (Å²) in [5, 5.41) is 1.17. The first-order valence-electron chi connectivity index (χ1n) is 5.78. The van der Waals surface area contributed by atoms with Crippen LogP contribution in [0.4, 0.5) is 0 Å². The summed E-state index contributed by atoms with van der Waals surface area (Å²) in [7, 11) is 0. The highest BCUT2D eigenvalue weighted by atomic mass is 35.5. The molecule has 92 valence electrons. The number of nitrogens with zero attached hydrogens (tertiary/aromatic N) is 1. The SMILES string of the molecule is CC(C)C[C@H](N)c1ccc2ccccc2n1.Cl. The second-order valence-electron chi connectivity index (χ2n) is 4.66. The molecule has 1 atom stereocenters. The fraction of sp³-hybridized carbons (Fsp3) is 0.357. The second-order valence-corrected chi connectivity index (χ2v) is 4.66. The molecular formula is C14H19ClN2. The first kappa shape index (κ1) is 13.9. The van der Waals surface area contributed by atoms with Gasteiger partial charge >= 0.3 is 0 Å². The monoisotopic (exact) mass is 250 g/mol. The summed E-state index contributed by atoms with van der Waals surface area (Å²) in [4.78, 5) is 4.60. The minimum Gasteiger partial charge on any atom is -0.323 e. The number of hydrogen-bond acceptors (Lipinski definition) is 2. The van der Waals surface area contributed by atoms with Gasteiger partial charge in [0.1, 0.15) is 0 Å². The highest BCUT2D eigenvalue weighted by Crippen LogP contribution is 2.19. The van der Waals surface area contributed by atoms with Crippen LogP contribution in [0.3, 0.4) is 0 Å². The standard InChI is InChI=1S/C14H18N2.ClH/c1-10(2)9-12(15)14-8-7-11-5-3-4-6-13(11)16-14;/h3-8,10,12H,9,15H2,1-2H3;1H/t12-;/m0./s1. The van der Waals surface area contributed by atoms with Crippen molar-refractivity contribution in [3.05, 3.63) is 42.1 Å². The van der Waals surface area contributed by atoms with Gasteiger partial charge in [-0.2, -0.15) is 0 Å². The van der Waals surface area contributed by atoms with Gasteiger partial charge in [-0.3, -0.25) is 4.98 Å². The number of halogens is 1. The maximum absolute atomic E-state index is 6.12. The third kappa shape index (κ3) is 3.42. The molecule has 0 fully saturated rings. The Morgan fingerprint density at radius 2 is 1.82 bits per heavy atom. The van der Waals surface area contributed by atoms with Gasteiger partial charge in [0.05, 0.1) is 11.2 Å². The van der Waals surface area contributed by atoms with Gasteiger partial charge in [0.15, 0.2) is 0 Å². The average Bonchev–Trinajstić information content (AvgIpc) is 2.27. The van der Waals surface area contributed by atoms with Crippen LogP contribution < -0.4 is 5.73 Å². The summed E-state index contributed by atoms with van der Waals surface area (Å²) in [6.45, 7) is 4.36. The first-order valence-corrected chi connectivity index (χ1v) is 5.78. The smallest absolute Gasteiger partial charge is 0.0706 e. The quantitative estimate of drug-likeness (QED) is 0.902. The maximum Gasteiger partial charge on any atom is 0.0706 e. The molecule has 17 heavy (non-hydrogen) atoms. The van der Waals surface area contributed by atoms with Gasteiger partial charge in [0, 0.05) is 11.4 Å². The molecule has 3 heteroatoms. The molecule has 2 N–H and O–H groups in total. The number of fused-ring (bicyclic) bond motifs is 1. The number of benzene rings is 1. The van der Waals surface area contributed by atoms with E-state index in [9.17, 15) is 0 Å². The van der Waals surface area contributed by atoms with Crippen LogP contribution in [-0.4, -0.2) is 4.98 Å². The van der Waals surface area contributed by atoms with Gasteiger partial charge in [0.2, 0.25) is 0 Å². The molecule has 0 radical (unpaired) electrons. The number of pyridine rings is 1. The van der Waals surface area contributed by atoms with E-state index in [2.05, 4.69) is 31.0 Å². The summed E-state index contributed by atoms with van der Waals surface area (Å²) in [6, 6.07) is 12.3. The second kappa shape index (κ2) is 5.99. The molecule has 1 aromatic heterocycles. The van der Waals surface area contributed by atoms with Crippen LogP contribution in [-0.2, 0) is 0 Å². The van der Waals surface area contributed by atoms with E-state index >= 15 is 0 Å². The number of aromatic nitrogens is 1. The van der Waals surface area contributed by atoms with Gasteiger partial charge in [-0.05, 0) is 24.5 Å². The third-order valence-electron chi connectivity index (χ3n) is 2.73. The van der Waals surface area contributed by atoms with E-state index in [-0.39, 0.29) is 18.4 Å². The number of hydrogen-bond donors (Lipinski definition) is 1. The number of nitrogens with two attached hydrogens (primary N) is 1. The lowest BCUT2D eigenvalue weighted by Gasteiger charge is -2.13. The highest BCUT2D eigenvalue weighted by molar-refractivity contribution is 5.85. The Bertz CT molecular complexity index is 482. The molecular weight excluding hydrogens is 232 g/mol. The van der Waals surface area contributed by atoms with Crippen LogP contribution in [0.15, 0.2) is 36.4 Å². The average molecular weight is 251 g/mol. The largest absolute Gasteiger partial charge is 0.323 e. The first-order chi connectivity index (χ1) is 7.66. The van der Waals surface area contributed by atoms with Crippen molar-refractivity contribution < 1.29 is 0 Å². The fourth-order valence-electron chi connectivity index (χ4n) is 1.92. The van der Waals surface area contributed by atoms with E-state index in [0.29, 0.717) is 5.92 Å². The van der Waals surface area contributed by atoms with Crippen LogP contribution in [0.2, 0.25) is 0 Å². The number of para-hydroxylation sites is 1. The molecule has 2 aromatic rings. The zero-order valence-corrected chi connectivity index (χ0v) is 11.1. The van der Waals surface area contributed by atoms with Crippen LogP contribution in [0, 0.1) is 5.92 Å². The predicted molar refractivity (Wildman–Crippen MR) is 75.4 cm³/mol. The van der Waals surface area contributed by atoms with Crippen LogP contribution in [0.5, 0.6) is 0 Å². The van der Waals surface area contributed by atoms with Crippen molar-refractivity contribution in [2.24, 2.45) is 11.7 Å². The van der Waals surface area contributed by atoms with Crippen molar-refractivity contribution in [1.29, 1.82) is 0 Å². The molecule has 0 spiro atoms. The van der Waals surface area contributed by atoms with Gasteiger partial charge < -0.3 is 5.73 Å². The Hall–Kier alpha value is -1.12. The molecule has 0 saturated heterocycles. The predicted octanol–water partition coefficient (Wildman–Crippen LogP) is 3.70. The van der Waals surface area contributed by atoms with Gasteiger partial charge in [0.25, 0.3) is 0 Å². The Kier molecular flexibility index (Phi) is 4.91. The lowest BCUT2D eigenvalue weighted by atomic mass is 10.0. The Labute approximate surface area is 109 Å². The topological polar surface area (TPSA) is 38.9 Å². The molecule has 0 aliphatic rings. The summed E-state index contributed by atoms with van der Waals surface area (Å²) in [5.41, 5.74) is 8.14. The zero-order chi connectivity index (χ0) is 11.5. The fourth-order valence-corrected chi connectivity index (χ4v) is 1.92. The zero-order valence-electron chi connectivity index (χ0n) is 10.3. The van der Waals surface area contributed by atoms with Crippen molar-refractivity contribution in [3.8, 4) is 0 Å². The molecule has 0 amide bonds. The molecule has 0 bridgehead atoms. The van der Waals surface area contributed by atoms with Crippen molar-refractivity contribution in [3.63, 3.8) is 0 Å². The molecule has 2 nitrogen and oxygen atoms in total. The van der Waals surface area contributed by atoms with E-state index in [1.165, 1.54) is 5.39 Å². The molecule has 1 heterocycles. The lowest BCUT2D eigenvalue weighted by Crippen LogP contribution is -2.14. The molecule has 0 aliphatic heterocycles. The summed E-state index contributed by atoms with van der Waals surface area (Å²) in [6.07, 6.45) is 0.978. The molecule has 0 unspecified atom stereocenters. The lowest BCUT2D eigenvalue weighted by molar-refractivity contribution is 0.503. The maximum atomic E-state index is 6.12. The Morgan fingerprint density at radius 3 is 2.53 bits per heavy atom. The minimum absolute atomic E-state index is 0.